The third kappa shape index (κ3) is 3.27. The molecule has 1 aromatic rings. The lowest BCUT2D eigenvalue weighted by Gasteiger charge is -2.24. The predicted octanol–water partition coefficient (Wildman–Crippen LogP) is 0.352. The summed E-state index contributed by atoms with van der Waals surface area (Å²) in [7, 11) is -0.978. The molecule has 0 bridgehead atoms. The first-order valence-corrected chi connectivity index (χ1v) is 8.83. The van der Waals surface area contributed by atoms with E-state index in [0.29, 0.717) is 12.5 Å². The van der Waals surface area contributed by atoms with Crippen LogP contribution in [0.3, 0.4) is 0 Å². The van der Waals surface area contributed by atoms with E-state index in [1.54, 1.807) is 12.4 Å². The summed E-state index contributed by atoms with van der Waals surface area (Å²) in [5.41, 5.74) is 0.905. The van der Waals surface area contributed by atoms with E-state index in [9.17, 15) is 8.42 Å². The number of aromatic nitrogens is 2. The van der Waals surface area contributed by atoms with E-state index in [4.69, 9.17) is 0 Å². The van der Waals surface area contributed by atoms with Crippen molar-refractivity contribution in [3.05, 3.63) is 18.1 Å². The zero-order valence-corrected chi connectivity index (χ0v) is 12.4. The van der Waals surface area contributed by atoms with Crippen LogP contribution in [-0.4, -0.2) is 49.0 Å². The number of hydrogen-bond donors (Lipinski definition) is 1. The van der Waals surface area contributed by atoms with Crippen LogP contribution in [0, 0.1) is 0 Å². The molecule has 7 heteroatoms. The Bertz CT molecular complexity index is 586. The van der Waals surface area contributed by atoms with E-state index in [-0.39, 0.29) is 17.5 Å². The van der Waals surface area contributed by atoms with Crippen molar-refractivity contribution < 1.29 is 8.42 Å². The van der Waals surface area contributed by atoms with Gasteiger partial charge in [0.05, 0.1) is 23.4 Å². The van der Waals surface area contributed by atoms with Crippen LogP contribution in [0.1, 0.15) is 25.0 Å². The molecule has 1 saturated heterocycles. The number of anilines is 1. The Morgan fingerprint density at radius 3 is 2.80 bits per heavy atom. The molecule has 1 saturated carbocycles. The Labute approximate surface area is 119 Å². The second-order valence-corrected chi connectivity index (χ2v) is 7.92. The summed E-state index contributed by atoms with van der Waals surface area (Å²) in [5.74, 6) is 1.25. The van der Waals surface area contributed by atoms with Gasteiger partial charge in [-0.3, -0.25) is 4.98 Å². The maximum atomic E-state index is 11.6. The molecule has 2 fully saturated rings. The Balaban J connectivity index is 1.67. The molecule has 0 radical (unpaired) electrons. The minimum atomic E-state index is -2.87. The quantitative estimate of drug-likeness (QED) is 0.845. The van der Waals surface area contributed by atoms with Crippen molar-refractivity contribution in [3.63, 3.8) is 0 Å². The molecule has 1 N–H and O–H groups in total. The largest absolute Gasteiger partial charge is 0.354 e. The highest BCUT2D eigenvalue weighted by Crippen LogP contribution is 2.22. The first kappa shape index (κ1) is 13.8. The monoisotopic (exact) mass is 296 g/mol. The summed E-state index contributed by atoms with van der Waals surface area (Å²) in [5, 5.41) is 3.40. The minimum absolute atomic E-state index is 0.0148. The van der Waals surface area contributed by atoms with Gasteiger partial charge in [0.25, 0.3) is 0 Å². The van der Waals surface area contributed by atoms with Crippen molar-refractivity contribution in [2.24, 2.45) is 0 Å². The normalized spacial score (nSPS) is 24.8. The lowest BCUT2D eigenvalue weighted by Crippen LogP contribution is -2.33. The van der Waals surface area contributed by atoms with E-state index in [1.807, 2.05) is 11.9 Å². The highest BCUT2D eigenvalue weighted by molar-refractivity contribution is 7.91. The van der Waals surface area contributed by atoms with Gasteiger partial charge in [0, 0.05) is 31.9 Å². The van der Waals surface area contributed by atoms with Gasteiger partial charge in [-0.05, 0) is 19.3 Å². The van der Waals surface area contributed by atoms with Crippen molar-refractivity contribution in [1.82, 2.24) is 15.3 Å². The third-order valence-electron chi connectivity index (χ3n) is 3.94. The first-order valence-electron chi connectivity index (χ1n) is 7.01. The van der Waals surface area contributed by atoms with Crippen LogP contribution >= 0.6 is 0 Å². The fourth-order valence-corrected chi connectivity index (χ4v) is 4.23. The van der Waals surface area contributed by atoms with Crippen molar-refractivity contribution in [2.75, 3.05) is 23.5 Å². The maximum absolute atomic E-state index is 11.6. The molecular weight excluding hydrogens is 276 g/mol. The molecule has 3 rings (SSSR count). The fraction of sp³-hybridized carbons (Fsp3) is 0.692. The van der Waals surface area contributed by atoms with Crippen molar-refractivity contribution in [2.45, 2.75) is 37.9 Å². The smallest absolute Gasteiger partial charge is 0.152 e. The van der Waals surface area contributed by atoms with Crippen LogP contribution in [0.25, 0.3) is 0 Å². The van der Waals surface area contributed by atoms with Crippen molar-refractivity contribution in [3.8, 4) is 0 Å². The van der Waals surface area contributed by atoms with Gasteiger partial charge in [-0.2, -0.15) is 0 Å². The Hall–Kier alpha value is -1.21. The van der Waals surface area contributed by atoms with Crippen LogP contribution in [0.2, 0.25) is 0 Å². The maximum Gasteiger partial charge on any atom is 0.152 e. The lowest BCUT2D eigenvalue weighted by atomic mass is 10.2. The number of sulfone groups is 1. The molecule has 20 heavy (non-hydrogen) atoms. The average molecular weight is 296 g/mol. The molecule has 2 heterocycles. The molecule has 2 aliphatic rings. The summed E-state index contributed by atoms with van der Waals surface area (Å²) in [6.07, 6.45) is 6.62. The van der Waals surface area contributed by atoms with Gasteiger partial charge < -0.3 is 10.2 Å². The molecule has 0 spiro atoms. The van der Waals surface area contributed by atoms with E-state index in [2.05, 4.69) is 15.3 Å². The van der Waals surface area contributed by atoms with Crippen molar-refractivity contribution in [1.29, 1.82) is 0 Å². The second-order valence-electron chi connectivity index (χ2n) is 5.69. The number of hydrogen-bond acceptors (Lipinski definition) is 6. The molecule has 110 valence electrons. The highest BCUT2D eigenvalue weighted by Gasteiger charge is 2.31. The van der Waals surface area contributed by atoms with Crippen LogP contribution in [0.5, 0.6) is 0 Å². The zero-order chi connectivity index (χ0) is 14.2. The first-order chi connectivity index (χ1) is 9.53. The van der Waals surface area contributed by atoms with E-state index in [0.717, 1.165) is 18.1 Å². The molecule has 0 aromatic carbocycles. The summed E-state index contributed by atoms with van der Waals surface area (Å²) in [6.45, 7) is 0.725. The molecule has 6 nitrogen and oxygen atoms in total. The van der Waals surface area contributed by atoms with Gasteiger partial charge >= 0.3 is 0 Å². The van der Waals surface area contributed by atoms with Gasteiger partial charge in [0.15, 0.2) is 9.84 Å². The zero-order valence-electron chi connectivity index (χ0n) is 11.6. The Morgan fingerprint density at radius 1 is 1.35 bits per heavy atom. The van der Waals surface area contributed by atoms with Crippen LogP contribution < -0.4 is 10.2 Å². The van der Waals surface area contributed by atoms with E-state index in [1.165, 1.54) is 12.8 Å². The lowest BCUT2D eigenvalue weighted by molar-refractivity contribution is 0.600. The third-order valence-corrected chi connectivity index (χ3v) is 5.69. The molecule has 1 aliphatic carbocycles. The Kier molecular flexibility index (Phi) is 3.64. The topological polar surface area (TPSA) is 75.2 Å². The van der Waals surface area contributed by atoms with E-state index >= 15 is 0 Å². The van der Waals surface area contributed by atoms with Gasteiger partial charge in [-0.1, -0.05) is 0 Å². The van der Waals surface area contributed by atoms with Gasteiger partial charge in [-0.15, -0.1) is 0 Å². The molecular formula is C13H20N4O2S. The van der Waals surface area contributed by atoms with Gasteiger partial charge in [0.2, 0.25) is 0 Å². The molecule has 1 atom stereocenters. The SMILES string of the molecule is CN(c1cncc(CNC2CC2)n1)C1CCS(=O)(=O)C1. The molecule has 1 aliphatic heterocycles. The van der Waals surface area contributed by atoms with Crippen LogP contribution in [-0.2, 0) is 16.4 Å². The standard InChI is InChI=1S/C13H20N4O2S/c1-17(12-4-5-20(18,19)9-12)13-8-14-6-11(16-13)7-15-10-2-3-10/h6,8,10,12,15H,2-5,7,9H2,1H3. The highest BCUT2D eigenvalue weighted by atomic mass is 32.2. The van der Waals surface area contributed by atoms with Crippen LogP contribution in [0.4, 0.5) is 5.82 Å². The number of nitrogens with one attached hydrogen (secondary N) is 1. The van der Waals surface area contributed by atoms with Crippen molar-refractivity contribution >= 4 is 15.7 Å². The summed E-state index contributed by atoms with van der Waals surface area (Å²) in [4.78, 5) is 10.7. The number of nitrogens with zero attached hydrogens (tertiary/aromatic N) is 3. The molecule has 0 amide bonds. The summed E-state index contributed by atoms with van der Waals surface area (Å²) >= 11 is 0. The predicted molar refractivity (Wildman–Crippen MR) is 77.4 cm³/mol. The van der Waals surface area contributed by atoms with Crippen LogP contribution in [0.15, 0.2) is 12.4 Å². The molecule has 1 unspecified atom stereocenters. The van der Waals surface area contributed by atoms with E-state index < -0.39 is 9.84 Å². The minimum Gasteiger partial charge on any atom is -0.354 e. The van der Waals surface area contributed by atoms with Gasteiger partial charge in [0.1, 0.15) is 5.82 Å². The Morgan fingerprint density at radius 2 is 2.15 bits per heavy atom. The molecule has 1 aromatic heterocycles. The average Bonchev–Trinajstić information content (AvgIpc) is 3.19. The summed E-state index contributed by atoms with van der Waals surface area (Å²) in [6, 6.07) is 0.652. The summed E-state index contributed by atoms with van der Waals surface area (Å²) < 4.78 is 23.1. The second kappa shape index (κ2) is 5.29. The number of rotatable bonds is 5. The fourth-order valence-electron chi connectivity index (χ4n) is 2.45. The van der Waals surface area contributed by atoms with Gasteiger partial charge in [-0.25, -0.2) is 13.4 Å².